The Kier molecular flexibility index (Phi) is 23.8. The number of amides is 1. The van der Waals surface area contributed by atoms with E-state index in [2.05, 4.69) is 19.2 Å². The number of unbranched alkanes of at least 4 members (excludes halogenated alkanes) is 18. The van der Waals surface area contributed by atoms with Crippen molar-refractivity contribution in [2.75, 3.05) is 5.75 Å². The van der Waals surface area contributed by atoms with Gasteiger partial charge in [-0.2, -0.15) is 8.42 Å². The summed E-state index contributed by atoms with van der Waals surface area (Å²) in [5, 5.41) is 13.0. The number of aliphatic hydroxyl groups excluding tert-OH is 1. The second-order valence-electron chi connectivity index (χ2n) is 10.4. The molecule has 0 aliphatic rings. The fraction of sp³-hybridized carbons (Fsp3) is 0.897. The lowest BCUT2D eigenvalue weighted by atomic mass is 10.1. The number of carbonyl (C=O) groups excluding carboxylic acids is 1. The van der Waals surface area contributed by atoms with Crippen molar-refractivity contribution in [3.63, 3.8) is 0 Å². The summed E-state index contributed by atoms with van der Waals surface area (Å²) in [6.07, 6.45) is 26.2. The molecule has 6 nitrogen and oxygen atoms in total. The van der Waals surface area contributed by atoms with Crippen LogP contribution in [0.15, 0.2) is 12.2 Å². The molecule has 0 saturated heterocycles. The molecule has 3 N–H and O–H groups in total. The zero-order valence-electron chi connectivity index (χ0n) is 23.4. The van der Waals surface area contributed by atoms with Gasteiger partial charge in [0.2, 0.25) is 5.91 Å². The summed E-state index contributed by atoms with van der Waals surface area (Å²) in [7, 11) is -4.32. The van der Waals surface area contributed by atoms with Gasteiger partial charge in [0, 0.05) is 6.42 Å². The zero-order chi connectivity index (χ0) is 26.9. The van der Waals surface area contributed by atoms with Gasteiger partial charge in [0.25, 0.3) is 10.1 Å². The van der Waals surface area contributed by atoms with Crippen LogP contribution in [0.2, 0.25) is 0 Å². The highest BCUT2D eigenvalue weighted by molar-refractivity contribution is 7.85. The molecule has 0 rings (SSSR count). The number of nitrogens with one attached hydrogen (secondary N) is 1. The van der Waals surface area contributed by atoms with Crippen molar-refractivity contribution in [2.45, 2.75) is 161 Å². The van der Waals surface area contributed by atoms with Gasteiger partial charge in [-0.05, 0) is 19.3 Å². The first-order valence-corrected chi connectivity index (χ1v) is 16.5. The molecule has 7 heteroatoms. The van der Waals surface area contributed by atoms with E-state index < -0.39 is 28.0 Å². The largest absolute Gasteiger partial charge is 0.387 e. The van der Waals surface area contributed by atoms with Gasteiger partial charge in [-0.25, -0.2) is 0 Å². The van der Waals surface area contributed by atoms with Gasteiger partial charge >= 0.3 is 0 Å². The van der Waals surface area contributed by atoms with E-state index in [0.29, 0.717) is 6.42 Å². The Labute approximate surface area is 222 Å². The Bertz CT molecular complexity index is 636. The molecule has 0 heterocycles. The molecular weight excluding hydrogens is 474 g/mol. The van der Waals surface area contributed by atoms with Crippen LogP contribution in [0.3, 0.4) is 0 Å². The quantitative estimate of drug-likeness (QED) is 0.0609. The maximum absolute atomic E-state index is 12.3. The summed E-state index contributed by atoms with van der Waals surface area (Å²) in [5.74, 6) is -0.978. The molecule has 0 aromatic carbocycles. The normalized spacial score (nSPS) is 13.8. The first kappa shape index (κ1) is 35.1. The number of aliphatic hydroxyl groups is 1. The van der Waals surface area contributed by atoms with Crippen LogP contribution >= 0.6 is 0 Å². The van der Waals surface area contributed by atoms with E-state index in [-0.39, 0.29) is 5.91 Å². The Morgan fingerprint density at radius 1 is 0.722 bits per heavy atom. The fourth-order valence-corrected chi connectivity index (χ4v) is 5.18. The molecule has 1 amide bonds. The maximum atomic E-state index is 12.3. The lowest BCUT2D eigenvalue weighted by molar-refractivity contribution is -0.122. The maximum Gasteiger partial charge on any atom is 0.267 e. The molecule has 0 aliphatic heterocycles. The van der Waals surface area contributed by atoms with Crippen molar-refractivity contribution in [1.82, 2.24) is 5.32 Å². The molecule has 0 radical (unpaired) electrons. The molecule has 2 unspecified atom stereocenters. The van der Waals surface area contributed by atoms with E-state index in [1.807, 2.05) is 6.08 Å². The van der Waals surface area contributed by atoms with Gasteiger partial charge in [-0.1, -0.05) is 135 Å². The molecule has 0 saturated carbocycles. The van der Waals surface area contributed by atoms with Gasteiger partial charge in [0.15, 0.2) is 0 Å². The SMILES string of the molecule is CCCCCCCCCCCC/C=C/C(O)C(CS(=O)(=O)O)NC(=O)CCCCCCCCCCC. The molecule has 214 valence electrons. The average Bonchev–Trinajstić information content (AvgIpc) is 2.82. The van der Waals surface area contributed by atoms with Crippen molar-refractivity contribution in [3.8, 4) is 0 Å². The summed E-state index contributed by atoms with van der Waals surface area (Å²) in [6.45, 7) is 4.44. The van der Waals surface area contributed by atoms with Crippen molar-refractivity contribution in [1.29, 1.82) is 0 Å². The highest BCUT2D eigenvalue weighted by atomic mass is 32.2. The standard InChI is InChI=1S/C29H57NO5S/c1-3-5-7-9-11-13-14-15-17-18-20-22-24-28(31)27(26-36(33,34)35)30-29(32)25-23-21-19-16-12-10-8-6-4-2/h22,24,27-28,31H,3-21,23,25-26H2,1-2H3,(H,30,32)(H,33,34,35)/b24-22+. The third kappa shape index (κ3) is 24.8. The predicted octanol–water partition coefficient (Wildman–Crippen LogP) is 7.51. The molecule has 0 bridgehead atoms. The first-order valence-electron chi connectivity index (χ1n) is 14.9. The Balaban J connectivity index is 4.12. The number of hydrogen-bond donors (Lipinski definition) is 3. The van der Waals surface area contributed by atoms with Crippen LogP contribution in [0.5, 0.6) is 0 Å². The van der Waals surface area contributed by atoms with Crippen LogP contribution in [0.4, 0.5) is 0 Å². The summed E-state index contributed by atoms with van der Waals surface area (Å²) < 4.78 is 32.1. The Morgan fingerprint density at radius 2 is 1.14 bits per heavy atom. The third-order valence-electron chi connectivity index (χ3n) is 6.71. The molecule has 0 aromatic rings. The molecule has 2 atom stereocenters. The minimum absolute atomic E-state index is 0.284. The second-order valence-corrected chi connectivity index (χ2v) is 11.9. The second kappa shape index (κ2) is 24.4. The monoisotopic (exact) mass is 531 g/mol. The van der Waals surface area contributed by atoms with Crippen LogP contribution in [0.1, 0.15) is 149 Å². The van der Waals surface area contributed by atoms with Crippen molar-refractivity contribution < 1.29 is 22.9 Å². The minimum atomic E-state index is -4.32. The zero-order valence-corrected chi connectivity index (χ0v) is 24.2. The molecule has 0 aliphatic carbocycles. The number of carbonyl (C=O) groups is 1. The number of rotatable bonds is 26. The van der Waals surface area contributed by atoms with Gasteiger partial charge < -0.3 is 10.4 Å². The van der Waals surface area contributed by atoms with Crippen molar-refractivity contribution in [2.24, 2.45) is 0 Å². The highest BCUT2D eigenvalue weighted by Gasteiger charge is 2.24. The molecule has 36 heavy (non-hydrogen) atoms. The van der Waals surface area contributed by atoms with Gasteiger partial charge in [0.05, 0.1) is 17.9 Å². The smallest absolute Gasteiger partial charge is 0.267 e. The van der Waals surface area contributed by atoms with Crippen LogP contribution < -0.4 is 5.32 Å². The Morgan fingerprint density at radius 3 is 1.58 bits per heavy atom. The summed E-state index contributed by atoms with van der Waals surface area (Å²) in [6, 6.07) is -1.05. The summed E-state index contributed by atoms with van der Waals surface area (Å²) in [5.41, 5.74) is 0. The van der Waals surface area contributed by atoms with Crippen LogP contribution in [-0.2, 0) is 14.9 Å². The number of allylic oxidation sites excluding steroid dienone is 1. The molecule has 0 spiro atoms. The highest BCUT2D eigenvalue weighted by Crippen LogP contribution is 2.13. The topological polar surface area (TPSA) is 104 Å². The van der Waals surface area contributed by atoms with Crippen LogP contribution in [-0.4, -0.2) is 41.9 Å². The minimum Gasteiger partial charge on any atom is -0.387 e. The molecular formula is C29H57NO5S. The van der Waals surface area contributed by atoms with Gasteiger partial charge in [0.1, 0.15) is 0 Å². The van der Waals surface area contributed by atoms with E-state index in [1.54, 1.807) is 6.08 Å². The lowest BCUT2D eigenvalue weighted by Gasteiger charge is -2.21. The van der Waals surface area contributed by atoms with Gasteiger partial charge in [-0.3, -0.25) is 9.35 Å². The van der Waals surface area contributed by atoms with E-state index in [0.717, 1.165) is 38.5 Å². The summed E-state index contributed by atoms with van der Waals surface area (Å²) >= 11 is 0. The van der Waals surface area contributed by atoms with E-state index in [1.165, 1.54) is 89.9 Å². The van der Waals surface area contributed by atoms with Gasteiger partial charge in [-0.15, -0.1) is 0 Å². The average molecular weight is 532 g/mol. The van der Waals surface area contributed by atoms with Crippen molar-refractivity contribution in [3.05, 3.63) is 12.2 Å². The third-order valence-corrected chi connectivity index (χ3v) is 7.49. The summed E-state index contributed by atoms with van der Waals surface area (Å²) in [4.78, 5) is 12.3. The van der Waals surface area contributed by atoms with E-state index in [4.69, 9.17) is 0 Å². The molecule has 0 fully saturated rings. The van der Waals surface area contributed by atoms with E-state index >= 15 is 0 Å². The predicted molar refractivity (Wildman–Crippen MR) is 152 cm³/mol. The van der Waals surface area contributed by atoms with Crippen LogP contribution in [0.25, 0.3) is 0 Å². The van der Waals surface area contributed by atoms with E-state index in [9.17, 15) is 22.9 Å². The fourth-order valence-electron chi connectivity index (χ4n) is 4.45. The lowest BCUT2D eigenvalue weighted by Crippen LogP contribution is -2.46. The van der Waals surface area contributed by atoms with Crippen molar-refractivity contribution >= 4 is 16.0 Å². The van der Waals surface area contributed by atoms with Crippen LogP contribution in [0, 0.1) is 0 Å². The first-order chi connectivity index (χ1) is 17.3. The number of hydrogen-bond acceptors (Lipinski definition) is 4. The Hall–Kier alpha value is -0.920. The molecule has 0 aromatic heterocycles.